The van der Waals surface area contributed by atoms with E-state index in [1.807, 2.05) is 18.3 Å². The van der Waals surface area contributed by atoms with E-state index in [1.165, 1.54) is 0 Å². The maximum absolute atomic E-state index is 12.6. The molecule has 0 bridgehead atoms. The second-order valence-corrected chi connectivity index (χ2v) is 8.26. The van der Waals surface area contributed by atoms with Gasteiger partial charge >= 0.3 is 12.3 Å². The maximum Gasteiger partial charge on any atom is 0.417 e. The predicted molar refractivity (Wildman–Crippen MR) is 122 cm³/mol. The molecule has 1 fully saturated rings. The third-order valence-electron chi connectivity index (χ3n) is 5.74. The molecule has 0 radical (unpaired) electrons. The van der Waals surface area contributed by atoms with E-state index in [0.29, 0.717) is 36.8 Å². The lowest BCUT2D eigenvalue weighted by Gasteiger charge is -2.33. The van der Waals surface area contributed by atoms with Crippen LogP contribution in [-0.4, -0.2) is 40.1 Å². The average molecular weight is 486 g/mol. The number of carbonyl (C=O) groups excluding carboxylic acids is 1. The Bertz CT molecular complexity index is 1100. The Hall–Kier alpha value is -3.66. The molecule has 2 aromatic heterocycles. The molecule has 1 unspecified atom stereocenters. The van der Waals surface area contributed by atoms with Crippen molar-refractivity contribution in [1.82, 2.24) is 20.2 Å². The van der Waals surface area contributed by atoms with Gasteiger partial charge in [0.2, 0.25) is 5.88 Å². The molecule has 10 heteroatoms. The summed E-state index contributed by atoms with van der Waals surface area (Å²) in [5, 5.41) is 3.59. The summed E-state index contributed by atoms with van der Waals surface area (Å²) in [6, 6.07) is 12.7. The Balaban J connectivity index is 1.24. The number of alkyl halides is 3. The number of hydrogen-bond donors (Lipinski definition) is 1. The van der Waals surface area contributed by atoms with Crippen molar-refractivity contribution in [2.75, 3.05) is 13.1 Å². The highest BCUT2D eigenvalue weighted by atomic mass is 19.4. The molecule has 1 amide bonds. The van der Waals surface area contributed by atoms with E-state index in [2.05, 4.69) is 22.2 Å². The molecule has 1 aliphatic heterocycles. The Kier molecular flexibility index (Phi) is 7.50. The van der Waals surface area contributed by atoms with E-state index < -0.39 is 17.8 Å². The van der Waals surface area contributed by atoms with E-state index in [4.69, 9.17) is 9.47 Å². The molecule has 1 N–H and O–H groups in total. The molecule has 35 heavy (non-hydrogen) atoms. The quantitative estimate of drug-likeness (QED) is 0.489. The summed E-state index contributed by atoms with van der Waals surface area (Å²) in [5.41, 5.74) is 0.269. The molecule has 0 saturated carbocycles. The Morgan fingerprint density at radius 3 is 2.37 bits per heavy atom. The van der Waals surface area contributed by atoms with Gasteiger partial charge in [-0.25, -0.2) is 9.78 Å². The van der Waals surface area contributed by atoms with Gasteiger partial charge in [-0.15, -0.1) is 0 Å². The second kappa shape index (κ2) is 10.7. The number of ether oxygens (including phenoxy) is 2. The van der Waals surface area contributed by atoms with Crippen molar-refractivity contribution in [2.45, 2.75) is 38.0 Å². The fraction of sp³-hybridized carbons (Fsp3) is 0.320. The first-order valence-electron chi connectivity index (χ1n) is 11.2. The smallest absolute Gasteiger partial charge is 0.417 e. The van der Waals surface area contributed by atoms with Crippen molar-refractivity contribution in [3.63, 3.8) is 0 Å². The van der Waals surface area contributed by atoms with E-state index in [9.17, 15) is 18.0 Å². The molecular formula is C25H25F3N4O3. The zero-order chi connectivity index (χ0) is 24.8. The highest BCUT2D eigenvalue weighted by Crippen LogP contribution is 2.30. The minimum absolute atomic E-state index is 0.0251. The second-order valence-electron chi connectivity index (χ2n) is 8.26. The van der Waals surface area contributed by atoms with E-state index in [0.717, 1.165) is 30.5 Å². The van der Waals surface area contributed by atoms with Gasteiger partial charge in [0.1, 0.15) is 11.5 Å². The van der Waals surface area contributed by atoms with Gasteiger partial charge < -0.3 is 19.7 Å². The zero-order valence-corrected chi connectivity index (χ0v) is 19.0. The van der Waals surface area contributed by atoms with Gasteiger partial charge in [-0.2, -0.15) is 13.2 Å². The minimum Gasteiger partial charge on any atom is -0.439 e. The van der Waals surface area contributed by atoms with Crippen molar-refractivity contribution < 1.29 is 27.4 Å². The summed E-state index contributed by atoms with van der Waals surface area (Å²) in [4.78, 5) is 22.0. The van der Waals surface area contributed by atoms with Gasteiger partial charge in [-0.1, -0.05) is 6.07 Å². The van der Waals surface area contributed by atoms with Crippen LogP contribution in [0.1, 0.15) is 36.9 Å². The number of pyridine rings is 2. The van der Waals surface area contributed by atoms with Crippen LogP contribution in [0.25, 0.3) is 0 Å². The van der Waals surface area contributed by atoms with Crippen molar-refractivity contribution in [3.05, 3.63) is 78.2 Å². The first-order valence-corrected chi connectivity index (χ1v) is 11.2. The molecule has 1 atom stereocenters. The largest absolute Gasteiger partial charge is 0.439 e. The van der Waals surface area contributed by atoms with Crippen molar-refractivity contribution in [2.24, 2.45) is 0 Å². The van der Waals surface area contributed by atoms with Gasteiger partial charge in [0, 0.05) is 49.8 Å². The monoisotopic (exact) mass is 486 g/mol. The van der Waals surface area contributed by atoms with Crippen LogP contribution in [0.4, 0.5) is 18.0 Å². The minimum atomic E-state index is -4.46. The van der Waals surface area contributed by atoms with Crippen LogP contribution in [0.2, 0.25) is 0 Å². The number of aromatic nitrogens is 2. The molecule has 7 nitrogen and oxygen atoms in total. The highest BCUT2D eigenvalue weighted by molar-refractivity contribution is 5.70. The van der Waals surface area contributed by atoms with Crippen LogP contribution >= 0.6 is 0 Å². The number of hydrogen-bond acceptors (Lipinski definition) is 6. The van der Waals surface area contributed by atoms with Gasteiger partial charge in [-0.3, -0.25) is 4.98 Å². The molecule has 3 heterocycles. The lowest BCUT2D eigenvalue weighted by Crippen LogP contribution is -2.46. The first-order chi connectivity index (χ1) is 16.8. The molecule has 3 aromatic rings. The summed E-state index contributed by atoms with van der Waals surface area (Å²) >= 11 is 0. The van der Waals surface area contributed by atoms with Crippen LogP contribution in [-0.2, 0) is 6.18 Å². The summed E-state index contributed by atoms with van der Waals surface area (Å²) < 4.78 is 48.8. The van der Waals surface area contributed by atoms with Crippen LogP contribution in [0.3, 0.4) is 0 Å². The van der Waals surface area contributed by atoms with Gasteiger partial charge in [0.25, 0.3) is 0 Å². The van der Waals surface area contributed by atoms with E-state index in [-0.39, 0.29) is 11.9 Å². The molecule has 1 aliphatic rings. The molecule has 1 saturated heterocycles. The van der Waals surface area contributed by atoms with E-state index in [1.54, 1.807) is 35.4 Å². The molecule has 4 rings (SSSR count). The van der Waals surface area contributed by atoms with Crippen molar-refractivity contribution in [1.29, 1.82) is 0 Å². The third kappa shape index (κ3) is 6.69. The first kappa shape index (κ1) is 24.5. The molecular weight excluding hydrogens is 461 g/mol. The highest BCUT2D eigenvalue weighted by Gasteiger charge is 2.30. The lowest BCUT2D eigenvalue weighted by molar-refractivity contribution is -0.137. The van der Waals surface area contributed by atoms with E-state index >= 15 is 0 Å². The van der Waals surface area contributed by atoms with Gasteiger partial charge in [0.05, 0.1) is 5.56 Å². The Labute approximate surface area is 200 Å². The number of nitrogens with zero attached hydrogens (tertiary/aromatic N) is 3. The number of nitrogens with one attached hydrogen (secondary N) is 1. The SMILES string of the molecule is CC(NC1CCN(C(=O)Oc2ccc(Oc3ccc(C(F)(F)F)cn3)cc2)CC1)c1cccnc1. The number of benzene rings is 1. The average Bonchev–Trinajstić information content (AvgIpc) is 2.86. The van der Waals surface area contributed by atoms with Crippen molar-refractivity contribution >= 4 is 6.09 Å². The number of halogens is 3. The maximum atomic E-state index is 12.6. The van der Waals surface area contributed by atoms with Gasteiger partial charge in [-0.05, 0) is 61.7 Å². The number of carbonyl (C=O) groups is 1. The van der Waals surface area contributed by atoms with Crippen LogP contribution in [0.15, 0.2) is 67.1 Å². The van der Waals surface area contributed by atoms with Crippen LogP contribution in [0, 0.1) is 0 Å². The zero-order valence-electron chi connectivity index (χ0n) is 19.0. The number of rotatable bonds is 6. The Morgan fingerprint density at radius 1 is 1.06 bits per heavy atom. The third-order valence-corrected chi connectivity index (χ3v) is 5.74. The number of likely N-dealkylation sites (tertiary alicyclic amines) is 1. The van der Waals surface area contributed by atoms with Crippen LogP contribution in [0.5, 0.6) is 17.4 Å². The number of amides is 1. The summed E-state index contributed by atoms with van der Waals surface area (Å²) in [6.45, 7) is 3.26. The summed E-state index contributed by atoms with van der Waals surface area (Å²) in [7, 11) is 0. The fourth-order valence-electron chi connectivity index (χ4n) is 3.78. The van der Waals surface area contributed by atoms with Crippen molar-refractivity contribution in [3.8, 4) is 17.4 Å². The Morgan fingerprint density at radius 2 is 1.77 bits per heavy atom. The lowest BCUT2D eigenvalue weighted by atomic mass is 10.0. The topological polar surface area (TPSA) is 76.6 Å². The molecule has 0 spiro atoms. The molecule has 1 aromatic carbocycles. The molecule has 184 valence electrons. The summed E-state index contributed by atoms with van der Waals surface area (Å²) in [5.74, 6) is 0.719. The normalized spacial score (nSPS) is 15.5. The predicted octanol–water partition coefficient (Wildman–Crippen LogP) is 5.60. The molecule has 0 aliphatic carbocycles. The standard InChI is InChI=1S/C25H25F3N4O3/c1-17(18-3-2-12-29-15-18)31-20-10-13-32(14-11-20)24(33)35-22-7-5-21(6-8-22)34-23-9-4-19(16-30-23)25(26,27)28/h2-9,12,15-17,20,31H,10-11,13-14H2,1H3. The summed E-state index contributed by atoms with van der Waals surface area (Å²) in [6.07, 6.45) is 1.05. The van der Waals surface area contributed by atoms with Gasteiger partial charge in [0.15, 0.2) is 0 Å². The van der Waals surface area contributed by atoms with Crippen LogP contribution < -0.4 is 14.8 Å². The number of piperidine rings is 1. The fourth-order valence-corrected chi connectivity index (χ4v) is 3.78.